The van der Waals surface area contributed by atoms with E-state index in [0.717, 1.165) is 32.1 Å². The van der Waals surface area contributed by atoms with E-state index in [-0.39, 0.29) is 16.9 Å². The Morgan fingerprint density at radius 1 is 1.26 bits per heavy atom. The molecule has 0 spiro atoms. The summed E-state index contributed by atoms with van der Waals surface area (Å²) < 4.78 is 31.9. The lowest BCUT2D eigenvalue weighted by Crippen LogP contribution is -2.34. The predicted octanol–water partition coefficient (Wildman–Crippen LogP) is 2.34. The highest BCUT2D eigenvalue weighted by Crippen LogP contribution is 2.24. The van der Waals surface area contributed by atoms with Gasteiger partial charge in [-0.1, -0.05) is 19.8 Å². The number of carbonyl (C=O) groups is 1. The maximum absolute atomic E-state index is 12.1. The number of carbonyl (C=O) groups excluding carboxylic acids is 1. The summed E-state index contributed by atoms with van der Waals surface area (Å²) in [5.41, 5.74) is 0. The molecule has 0 bridgehead atoms. The van der Waals surface area contributed by atoms with Crippen LogP contribution in [0.3, 0.4) is 0 Å². The molecule has 1 aromatic rings. The van der Waals surface area contributed by atoms with E-state index in [1.807, 2.05) is 0 Å². The van der Waals surface area contributed by atoms with Crippen LogP contribution < -0.4 is 4.72 Å². The van der Waals surface area contributed by atoms with Crippen molar-refractivity contribution >= 4 is 16.3 Å². The minimum absolute atomic E-state index is 0.0230. The van der Waals surface area contributed by atoms with Crippen LogP contribution in [0, 0.1) is 5.92 Å². The van der Waals surface area contributed by atoms with Gasteiger partial charge in [-0.2, -0.15) is 0 Å². The van der Waals surface area contributed by atoms with Crippen LogP contribution in [0.1, 0.15) is 49.6 Å². The lowest BCUT2D eigenvalue weighted by Gasteiger charge is -2.15. The molecule has 2 atom stereocenters. The Bertz CT molecular complexity index is 535. The fraction of sp³-hybridized carbons (Fsp3) is 0.615. The van der Waals surface area contributed by atoms with E-state index in [1.54, 1.807) is 0 Å². The van der Waals surface area contributed by atoms with Gasteiger partial charge in [0.2, 0.25) is 5.09 Å². The first-order chi connectivity index (χ1) is 9.01. The van der Waals surface area contributed by atoms with Gasteiger partial charge in [-0.25, -0.2) is 13.1 Å². The Morgan fingerprint density at radius 2 is 2.05 bits per heavy atom. The van der Waals surface area contributed by atoms with E-state index in [9.17, 15) is 13.2 Å². The minimum atomic E-state index is -3.66. The van der Waals surface area contributed by atoms with Gasteiger partial charge in [0, 0.05) is 6.04 Å². The summed E-state index contributed by atoms with van der Waals surface area (Å²) in [7, 11) is -3.66. The van der Waals surface area contributed by atoms with Crippen molar-refractivity contribution in [3.63, 3.8) is 0 Å². The van der Waals surface area contributed by atoms with Crippen LogP contribution in [0.15, 0.2) is 21.6 Å². The Labute approximate surface area is 113 Å². The molecule has 1 N–H and O–H groups in total. The van der Waals surface area contributed by atoms with Gasteiger partial charge >= 0.3 is 0 Å². The lowest BCUT2D eigenvalue weighted by atomic mass is 10.0. The Morgan fingerprint density at radius 3 is 2.74 bits per heavy atom. The molecule has 0 aliphatic heterocycles. The number of hydrogen-bond donors (Lipinski definition) is 1. The molecule has 6 heteroatoms. The van der Waals surface area contributed by atoms with Crippen LogP contribution in [0.4, 0.5) is 0 Å². The highest BCUT2D eigenvalue weighted by molar-refractivity contribution is 7.89. The van der Waals surface area contributed by atoms with Crippen molar-refractivity contribution in [1.29, 1.82) is 0 Å². The van der Waals surface area contributed by atoms with E-state index < -0.39 is 10.0 Å². The summed E-state index contributed by atoms with van der Waals surface area (Å²) in [6.07, 6.45) is 5.41. The second-order valence-electron chi connectivity index (χ2n) is 5.21. The number of furan rings is 1. The average Bonchev–Trinajstić information content (AvgIpc) is 2.77. The molecular formula is C13H19NO4S. The summed E-state index contributed by atoms with van der Waals surface area (Å²) in [6, 6.07) is 2.63. The van der Waals surface area contributed by atoms with Crippen molar-refractivity contribution in [1.82, 2.24) is 4.72 Å². The van der Waals surface area contributed by atoms with E-state index in [2.05, 4.69) is 11.6 Å². The van der Waals surface area contributed by atoms with Crippen molar-refractivity contribution in [2.24, 2.45) is 5.92 Å². The third kappa shape index (κ3) is 3.67. The number of sulfonamides is 1. The largest absolute Gasteiger partial charge is 0.440 e. The third-order valence-electron chi connectivity index (χ3n) is 3.56. The Hall–Kier alpha value is -1.14. The van der Waals surface area contributed by atoms with Gasteiger partial charge in [0.15, 0.2) is 12.0 Å². The Balaban J connectivity index is 2.06. The smallest absolute Gasteiger partial charge is 0.274 e. The molecule has 0 aromatic carbocycles. The molecule has 1 saturated carbocycles. The molecule has 1 aliphatic carbocycles. The van der Waals surface area contributed by atoms with Crippen LogP contribution >= 0.6 is 0 Å². The number of hydrogen-bond acceptors (Lipinski definition) is 4. The molecule has 1 aromatic heterocycles. The van der Waals surface area contributed by atoms with Crippen LogP contribution in [-0.4, -0.2) is 20.7 Å². The first-order valence-electron chi connectivity index (χ1n) is 6.58. The maximum Gasteiger partial charge on any atom is 0.274 e. The zero-order chi connectivity index (χ0) is 13.9. The van der Waals surface area contributed by atoms with Crippen LogP contribution in [0.25, 0.3) is 0 Å². The SMILES string of the molecule is CC1CCCC(NS(=O)(=O)c2ccc(C=O)o2)CC1. The van der Waals surface area contributed by atoms with Crippen molar-refractivity contribution in [3.8, 4) is 0 Å². The van der Waals surface area contributed by atoms with Gasteiger partial charge in [-0.15, -0.1) is 0 Å². The topological polar surface area (TPSA) is 76.4 Å². The number of nitrogens with one attached hydrogen (secondary N) is 1. The van der Waals surface area contributed by atoms with Crippen LogP contribution in [0.2, 0.25) is 0 Å². The molecule has 2 rings (SSSR count). The van der Waals surface area contributed by atoms with Gasteiger partial charge in [0.1, 0.15) is 0 Å². The maximum atomic E-state index is 12.1. The van der Waals surface area contributed by atoms with Gasteiger partial charge < -0.3 is 4.42 Å². The number of aldehydes is 1. The van der Waals surface area contributed by atoms with E-state index in [4.69, 9.17) is 4.42 Å². The molecule has 0 amide bonds. The van der Waals surface area contributed by atoms with Gasteiger partial charge in [0.05, 0.1) is 0 Å². The van der Waals surface area contributed by atoms with Crippen LogP contribution in [0.5, 0.6) is 0 Å². The summed E-state index contributed by atoms with van der Waals surface area (Å²) >= 11 is 0. The first kappa shape index (κ1) is 14.3. The highest BCUT2D eigenvalue weighted by atomic mass is 32.2. The second kappa shape index (κ2) is 5.88. The lowest BCUT2D eigenvalue weighted by molar-refractivity contribution is 0.109. The monoisotopic (exact) mass is 285 g/mol. The minimum Gasteiger partial charge on any atom is -0.440 e. The van der Waals surface area contributed by atoms with Gasteiger partial charge in [-0.3, -0.25) is 4.79 Å². The summed E-state index contributed by atoms with van der Waals surface area (Å²) in [5, 5.41) is -0.188. The summed E-state index contributed by atoms with van der Waals surface area (Å²) in [6.45, 7) is 2.19. The highest BCUT2D eigenvalue weighted by Gasteiger charge is 2.25. The molecular weight excluding hydrogens is 266 g/mol. The molecule has 1 aliphatic rings. The summed E-state index contributed by atoms with van der Waals surface area (Å²) in [5.74, 6) is 0.676. The predicted molar refractivity (Wildman–Crippen MR) is 70.5 cm³/mol. The van der Waals surface area contributed by atoms with Crippen molar-refractivity contribution in [2.75, 3.05) is 0 Å². The van der Waals surface area contributed by atoms with E-state index in [1.165, 1.54) is 12.1 Å². The molecule has 1 fully saturated rings. The second-order valence-corrected chi connectivity index (χ2v) is 6.85. The molecule has 0 radical (unpaired) electrons. The van der Waals surface area contributed by atoms with Crippen LogP contribution in [-0.2, 0) is 10.0 Å². The average molecular weight is 285 g/mol. The zero-order valence-corrected chi connectivity index (χ0v) is 11.8. The van der Waals surface area contributed by atoms with Gasteiger partial charge in [0.25, 0.3) is 10.0 Å². The fourth-order valence-corrected chi connectivity index (χ4v) is 3.67. The number of rotatable bonds is 4. The van der Waals surface area contributed by atoms with E-state index in [0.29, 0.717) is 12.2 Å². The Kier molecular flexibility index (Phi) is 4.42. The van der Waals surface area contributed by atoms with Crippen molar-refractivity contribution < 1.29 is 17.6 Å². The van der Waals surface area contributed by atoms with Crippen molar-refractivity contribution in [3.05, 3.63) is 17.9 Å². The normalized spacial score (nSPS) is 24.9. The van der Waals surface area contributed by atoms with Gasteiger partial charge in [-0.05, 0) is 37.3 Å². The standard InChI is InChI=1S/C13H19NO4S/c1-10-3-2-4-11(6-5-10)14-19(16,17)13-8-7-12(9-15)18-13/h7-11,14H,2-6H2,1H3. The third-order valence-corrected chi connectivity index (χ3v) is 4.96. The molecule has 5 nitrogen and oxygen atoms in total. The molecule has 0 saturated heterocycles. The quantitative estimate of drug-likeness (QED) is 0.680. The van der Waals surface area contributed by atoms with Crippen molar-refractivity contribution in [2.45, 2.75) is 50.2 Å². The zero-order valence-electron chi connectivity index (χ0n) is 11.0. The molecule has 2 unspecified atom stereocenters. The molecule has 106 valence electrons. The first-order valence-corrected chi connectivity index (χ1v) is 8.07. The van der Waals surface area contributed by atoms with E-state index >= 15 is 0 Å². The fourth-order valence-electron chi connectivity index (χ4n) is 2.42. The molecule has 19 heavy (non-hydrogen) atoms. The summed E-state index contributed by atoms with van der Waals surface area (Å²) in [4.78, 5) is 10.5. The molecule has 1 heterocycles.